The Kier molecular flexibility index (Phi) is 5.15. The Labute approximate surface area is 145 Å². The van der Waals surface area contributed by atoms with E-state index in [1.807, 2.05) is 0 Å². The van der Waals surface area contributed by atoms with Crippen LogP contribution in [0.2, 0.25) is 5.02 Å². The van der Waals surface area contributed by atoms with Gasteiger partial charge in [-0.15, -0.1) is 0 Å². The van der Waals surface area contributed by atoms with Crippen molar-refractivity contribution in [2.75, 3.05) is 22.9 Å². The monoisotopic (exact) mass is 370 g/mol. The molecule has 24 heavy (non-hydrogen) atoms. The highest BCUT2D eigenvalue weighted by Crippen LogP contribution is 2.24. The van der Waals surface area contributed by atoms with Crippen LogP contribution in [0.4, 0.5) is 15.8 Å². The van der Waals surface area contributed by atoms with Gasteiger partial charge in [0.2, 0.25) is 10.0 Å². The molecular formula is C16H16ClFN2O3S. The lowest BCUT2D eigenvalue weighted by atomic mass is 10.1. The van der Waals surface area contributed by atoms with Gasteiger partial charge < -0.3 is 5.32 Å². The number of halogens is 2. The summed E-state index contributed by atoms with van der Waals surface area (Å²) < 4.78 is 37.7. The third-order valence-corrected chi connectivity index (χ3v) is 4.97. The number of amides is 1. The molecule has 8 heteroatoms. The van der Waals surface area contributed by atoms with E-state index in [9.17, 15) is 17.6 Å². The van der Waals surface area contributed by atoms with E-state index in [2.05, 4.69) is 5.32 Å². The van der Waals surface area contributed by atoms with Gasteiger partial charge in [-0.1, -0.05) is 17.7 Å². The molecule has 2 aromatic carbocycles. The average Bonchev–Trinajstić information content (AvgIpc) is 2.49. The zero-order valence-corrected chi connectivity index (χ0v) is 14.9. The number of hydrogen-bond acceptors (Lipinski definition) is 3. The van der Waals surface area contributed by atoms with Crippen LogP contribution in [-0.4, -0.2) is 27.6 Å². The SMILES string of the molecule is Cc1ccc(C(=O)Nc2ccc(F)c(Cl)c2)cc1N(C)S(C)(=O)=O. The van der Waals surface area contributed by atoms with Crippen molar-refractivity contribution >= 4 is 38.9 Å². The Bertz CT molecular complexity index is 900. The normalized spacial score (nSPS) is 11.2. The standard InChI is InChI=1S/C16H16ClFN2O3S/c1-10-4-5-11(8-15(10)20(2)24(3,22)23)16(21)19-12-6-7-14(18)13(17)9-12/h4-9H,1-3H3,(H,19,21). The van der Waals surface area contributed by atoms with Crippen LogP contribution in [0.25, 0.3) is 0 Å². The summed E-state index contributed by atoms with van der Waals surface area (Å²) in [6.45, 7) is 1.75. The number of sulfonamides is 1. The smallest absolute Gasteiger partial charge is 0.255 e. The van der Waals surface area contributed by atoms with Crippen molar-refractivity contribution < 1.29 is 17.6 Å². The minimum atomic E-state index is -3.45. The second-order valence-electron chi connectivity index (χ2n) is 5.31. The molecule has 0 aliphatic heterocycles. The van der Waals surface area contributed by atoms with Gasteiger partial charge in [0, 0.05) is 18.3 Å². The summed E-state index contributed by atoms with van der Waals surface area (Å²) in [6, 6.07) is 8.55. The van der Waals surface area contributed by atoms with Crippen LogP contribution < -0.4 is 9.62 Å². The second-order valence-corrected chi connectivity index (χ2v) is 7.74. The Hall–Kier alpha value is -2.12. The molecule has 0 heterocycles. The first-order valence-electron chi connectivity index (χ1n) is 6.90. The summed E-state index contributed by atoms with van der Waals surface area (Å²) in [5.41, 5.74) is 1.73. The third kappa shape index (κ3) is 4.04. The molecule has 0 atom stereocenters. The Morgan fingerprint density at radius 1 is 1.21 bits per heavy atom. The third-order valence-electron chi connectivity index (χ3n) is 3.49. The zero-order valence-electron chi connectivity index (χ0n) is 13.3. The topological polar surface area (TPSA) is 66.5 Å². The quantitative estimate of drug-likeness (QED) is 0.896. The van der Waals surface area contributed by atoms with E-state index in [1.165, 1.54) is 25.2 Å². The Morgan fingerprint density at radius 2 is 1.88 bits per heavy atom. The van der Waals surface area contributed by atoms with Crippen molar-refractivity contribution in [1.82, 2.24) is 0 Å². The van der Waals surface area contributed by atoms with Crippen molar-refractivity contribution in [3.8, 4) is 0 Å². The molecule has 1 amide bonds. The zero-order chi connectivity index (χ0) is 18.1. The molecule has 0 spiro atoms. The molecule has 2 rings (SSSR count). The first kappa shape index (κ1) is 18.2. The van der Waals surface area contributed by atoms with Gasteiger partial charge in [-0.25, -0.2) is 12.8 Å². The second kappa shape index (κ2) is 6.78. The summed E-state index contributed by atoms with van der Waals surface area (Å²) in [5.74, 6) is -1.04. The highest BCUT2D eigenvalue weighted by atomic mass is 35.5. The number of nitrogens with zero attached hydrogens (tertiary/aromatic N) is 1. The molecule has 0 saturated carbocycles. The van der Waals surface area contributed by atoms with Gasteiger partial charge in [-0.3, -0.25) is 9.10 Å². The molecule has 0 radical (unpaired) electrons. The fourth-order valence-corrected chi connectivity index (χ4v) is 2.78. The van der Waals surface area contributed by atoms with Crippen LogP contribution in [0.3, 0.4) is 0 Å². The number of benzene rings is 2. The van der Waals surface area contributed by atoms with Crippen molar-refractivity contribution in [1.29, 1.82) is 0 Å². The molecule has 1 N–H and O–H groups in total. The van der Waals surface area contributed by atoms with Crippen LogP contribution in [0, 0.1) is 12.7 Å². The summed E-state index contributed by atoms with van der Waals surface area (Å²) in [7, 11) is -2.03. The molecule has 0 unspecified atom stereocenters. The molecule has 0 aliphatic rings. The van der Waals surface area contributed by atoms with Gasteiger partial charge in [0.1, 0.15) is 5.82 Å². The predicted octanol–water partition coefficient (Wildman–Crippen LogP) is 3.44. The number of carbonyl (C=O) groups excluding carboxylic acids is 1. The molecule has 5 nitrogen and oxygen atoms in total. The van der Waals surface area contributed by atoms with Crippen molar-refractivity contribution in [3.05, 3.63) is 58.4 Å². The number of carbonyl (C=O) groups is 1. The van der Waals surface area contributed by atoms with E-state index in [0.29, 0.717) is 16.9 Å². The fraction of sp³-hybridized carbons (Fsp3) is 0.188. The summed E-state index contributed by atoms with van der Waals surface area (Å²) in [4.78, 5) is 12.3. The summed E-state index contributed by atoms with van der Waals surface area (Å²) in [6.07, 6.45) is 1.08. The van der Waals surface area contributed by atoms with Crippen molar-refractivity contribution in [2.45, 2.75) is 6.92 Å². The molecule has 0 fully saturated rings. The predicted molar refractivity (Wildman–Crippen MR) is 93.8 cm³/mol. The van der Waals surface area contributed by atoms with Crippen molar-refractivity contribution in [3.63, 3.8) is 0 Å². The maximum atomic E-state index is 13.1. The molecule has 0 saturated heterocycles. The molecule has 2 aromatic rings. The molecule has 0 aromatic heterocycles. The van der Waals surface area contributed by atoms with E-state index >= 15 is 0 Å². The van der Waals surface area contributed by atoms with E-state index in [-0.39, 0.29) is 10.6 Å². The molecular weight excluding hydrogens is 355 g/mol. The van der Waals surface area contributed by atoms with Gasteiger partial charge in [-0.05, 0) is 42.8 Å². The van der Waals surface area contributed by atoms with Crippen molar-refractivity contribution in [2.24, 2.45) is 0 Å². The lowest BCUT2D eigenvalue weighted by molar-refractivity contribution is 0.102. The minimum absolute atomic E-state index is 0.103. The number of hydrogen-bond donors (Lipinski definition) is 1. The molecule has 128 valence electrons. The number of aryl methyl sites for hydroxylation is 1. The van der Waals surface area contributed by atoms with Crippen LogP contribution in [0.1, 0.15) is 15.9 Å². The van der Waals surface area contributed by atoms with E-state index < -0.39 is 21.7 Å². The van der Waals surface area contributed by atoms with Crippen LogP contribution in [0.15, 0.2) is 36.4 Å². The van der Waals surface area contributed by atoms with Gasteiger partial charge in [0.15, 0.2) is 0 Å². The van der Waals surface area contributed by atoms with Gasteiger partial charge >= 0.3 is 0 Å². The van der Waals surface area contributed by atoms with Crippen LogP contribution in [0.5, 0.6) is 0 Å². The maximum absolute atomic E-state index is 13.1. The fourth-order valence-electron chi connectivity index (χ4n) is 2.05. The largest absolute Gasteiger partial charge is 0.322 e. The van der Waals surface area contributed by atoms with Gasteiger partial charge in [-0.2, -0.15) is 0 Å². The first-order chi connectivity index (χ1) is 11.1. The first-order valence-corrected chi connectivity index (χ1v) is 9.13. The number of nitrogens with one attached hydrogen (secondary N) is 1. The van der Waals surface area contributed by atoms with Crippen LogP contribution in [-0.2, 0) is 10.0 Å². The lowest BCUT2D eigenvalue weighted by Crippen LogP contribution is -2.26. The number of anilines is 2. The van der Waals surface area contributed by atoms with Gasteiger partial charge in [0.25, 0.3) is 5.91 Å². The Morgan fingerprint density at radius 3 is 2.46 bits per heavy atom. The van der Waals surface area contributed by atoms with Crippen LogP contribution >= 0.6 is 11.6 Å². The average molecular weight is 371 g/mol. The van der Waals surface area contributed by atoms with E-state index in [4.69, 9.17) is 11.6 Å². The summed E-state index contributed by atoms with van der Waals surface area (Å²) >= 11 is 5.68. The van der Waals surface area contributed by atoms with Gasteiger partial charge in [0.05, 0.1) is 17.0 Å². The minimum Gasteiger partial charge on any atom is -0.322 e. The molecule has 0 aliphatic carbocycles. The summed E-state index contributed by atoms with van der Waals surface area (Å²) in [5, 5.41) is 2.49. The number of rotatable bonds is 4. The maximum Gasteiger partial charge on any atom is 0.255 e. The lowest BCUT2D eigenvalue weighted by Gasteiger charge is -2.19. The Balaban J connectivity index is 2.31. The highest BCUT2D eigenvalue weighted by molar-refractivity contribution is 7.92. The highest BCUT2D eigenvalue weighted by Gasteiger charge is 2.17. The van der Waals surface area contributed by atoms with E-state index in [1.54, 1.807) is 19.1 Å². The van der Waals surface area contributed by atoms with E-state index in [0.717, 1.165) is 16.6 Å². The molecule has 0 bridgehead atoms.